The average molecular weight is 402 g/mol. The summed E-state index contributed by atoms with van der Waals surface area (Å²) in [7, 11) is 0. The Bertz CT molecular complexity index is 884. The van der Waals surface area contributed by atoms with Crippen molar-refractivity contribution in [1.82, 2.24) is 0 Å². The summed E-state index contributed by atoms with van der Waals surface area (Å²) < 4.78 is 0. The van der Waals surface area contributed by atoms with E-state index in [1.807, 2.05) is 17.0 Å². The Morgan fingerprint density at radius 1 is 1.29 bits per heavy atom. The van der Waals surface area contributed by atoms with Gasteiger partial charge in [0.05, 0.1) is 12.2 Å². The van der Waals surface area contributed by atoms with Gasteiger partial charge in [-0.3, -0.25) is 4.79 Å². The molecule has 3 N–H and O–H groups in total. The van der Waals surface area contributed by atoms with Crippen LogP contribution in [0.2, 0.25) is 0 Å². The molecule has 1 aromatic rings. The number of carbonyl (C=O) groups excluding carboxylic acids is 1. The SMILES string of the molecule is NC1C=CCC2CN(c3ccc4c(c3)N(C3CC3)CC(Cl)(C(=O)O)C4=O)CC12. The minimum Gasteiger partial charge on any atom is -0.480 e. The van der Waals surface area contributed by atoms with Crippen molar-refractivity contribution in [3.63, 3.8) is 0 Å². The first-order valence-corrected chi connectivity index (χ1v) is 10.3. The molecule has 2 fully saturated rings. The zero-order valence-electron chi connectivity index (χ0n) is 15.6. The second-order valence-electron chi connectivity index (χ2n) is 8.57. The van der Waals surface area contributed by atoms with Crippen molar-refractivity contribution in [3.8, 4) is 0 Å². The predicted octanol–water partition coefficient (Wildman–Crippen LogP) is 2.25. The lowest BCUT2D eigenvalue weighted by Gasteiger charge is -2.38. The number of carboxylic acids is 1. The van der Waals surface area contributed by atoms with Crippen molar-refractivity contribution in [2.45, 2.75) is 36.2 Å². The Balaban J connectivity index is 1.49. The zero-order valence-corrected chi connectivity index (χ0v) is 16.3. The summed E-state index contributed by atoms with van der Waals surface area (Å²) in [5.41, 5.74) is 8.58. The third-order valence-corrected chi connectivity index (χ3v) is 7.21. The van der Waals surface area contributed by atoms with Gasteiger partial charge in [-0.05, 0) is 49.3 Å². The van der Waals surface area contributed by atoms with Gasteiger partial charge >= 0.3 is 5.97 Å². The molecule has 0 amide bonds. The van der Waals surface area contributed by atoms with Crippen molar-refractivity contribution in [2.24, 2.45) is 17.6 Å². The van der Waals surface area contributed by atoms with E-state index < -0.39 is 16.6 Å². The molecule has 5 rings (SSSR count). The van der Waals surface area contributed by atoms with Gasteiger partial charge in [-0.1, -0.05) is 23.8 Å². The molecule has 1 aromatic carbocycles. The number of alkyl halides is 1. The molecule has 7 heteroatoms. The maximum atomic E-state index is 12.9. The van der Waals surface area contributed by atoms with Crippen molar-refractivity contribution in [3.05, 3.63) is 35.9 Å². The number of ketones is 1. The summed E-state index contributed by atoms with van der Waals surface area (Å²) in [5, 5.41) is 9.58. The average Bonchev–Trinajstić information content (AvgIpc) is 3.42. The Kier molecular flexibility index (Phi) is 4.00. The normalized spacial score (nSPS) is 34.4. The number of aliphatic carboxylic acids is 1. The number of halogens is 1. The van der Waals surface area contributed by atoms with E-state index in [2.05, 4.69) is 17.1 Å². The number of carbonyl (C=O) groups is 2. The van der Waals surface area contributed by atoms with E-state index in [0.717, 1.165) is 43.7 Å². The number of Topliss-reactive ketones (excluding diaryl/α,β-unsaturated/α-hetero) is 1. The number of nitrogens with zero attached hydrogens (tertiary/aromatic N) is 2. The minimum atomic E-state index is -1.90. The molecule has 1 saturated heterocycles. The molecule has 0 spiro atoms. The number of hydrogen-bond donors (Lipinski definition) is 2. The fourth-order valence-electron chi connectivity index (χ4n) is 4.97. The number of carboxylic acid groups (broad SMARTS) is 1. The smallest absolute Gasteiger partial charge is 0.334 e. The maximum absolute atomic E-state index is 12.9. The van der Waals surface area contributed by atoms with Crippen LogP contribution in [0.5, 0.6) is 0 Å². The third-order valence-electron chi connectivity index (χ3n) is 6.76. The summed E-state index contributed by atoms with van der Waals surface area (Å²) in [5.74, 6) is -0.782. The summed E-state index contributed by atoms with van der Waals surface area (Å²) >= 11 is 6.30. The second kappa shape index (κ2) is 6.22. The van der Waals surface area contributed by atoms with Gasteiger partial charge < -0.3 is 20.6 Å². The maximum Gasteiger partial charge on any atom is 0.334 e. The van der Waals surface area contributed by atoms with Crippen LogP contribution >= 0.6 is 11.6 Å². The van der Waals surface area contributed by atoms with Gasteiger partial charge in [-0.2, -0.15) is 0 Å². The highest BCUT2D eigenvalue weighted by Gasteiger charge is 2.53. The molecule has 2 heterocycles. The molecule has 6 nitrogen and oxygen atoms in total. The van der Waals surface area contributed by atoms with Gasteiger partial charge in [-0.15, -0.1) is 0 Å². The fourth-order valence-corrected chi connectivity index (χ4v) is 5.20. The molecular weight excluding hydrogens is 378 g/mol. The molecule has 2 aliphatic heterocycles. The first-order chi connectivity index (χ1) is 13.4. The van der Waals surface area contributed by atoms with E-state index in [9.17, 15) is 14.7 Å². The predicted molar refractivity (Wildman–Crippen MR) is 108 cm³/mol. The van der Waals surface area contributed by atoms with Crippen molar-refractivity contribution < 1.29 is 14.7 Å². The Morgan fingerprint density at radius 3 is 2.75 bits per heavy atom. The van der Waals surface area contributed by atoms with Crippen molar-refractivity contribution >= 4 is 34.7 Å². The van der Waals surface area contributed by atoms with Gasteiger partial charge in [0.25, 0.3) is 0 Å². The Morgan fingerprint density at radius 2 is 2.07 bits per heavy atom. The monoisotopic (exact) mass is 401 g/mol. The molecule has 4 unspecified atom stereocenters. The molecule has 148 valence electrons. The fraction of sp³-hybridized carbons (Fsp3) is 0.524. The highest BCUT2D eigenvalue weighted by molar-refractivity contribution is 6.49. The van der Waals surface area contributed by atoms with Gasteiger partial charge in [0.15, 0.2) is 5.78 Å². The quantitative estimate of drug-likeness (QED) is 0.459. The topological polar surface area (TPSA) is 86.9 Å². The van der Waals surface area contributed by atoms with Crippen LogP contribution in [0.15, 0.2) is 30.4 Å². The third kappa shape index (κ3) is 2.65. The largest absolute Gasteiger partial charge is 0.480 e. The standard InChI is InChI=1S/C21H24ClN3O3/c22-21(20(27)28)11-25(13-4-5-13)18-8-14(6-7-15(18)19(21)26)24-9-12-2-1-3-17(23)16(12)10-24/h1,3,6-8,12-13,16-17H,2,4-5,9-11,23H2,(H,27,28). The molecule has 1 saturated carbocycles. The van der Waals surface area contributed by atoms with Crippen LogP contribution in [-0.4, -0.2) is 53.5 Å². The first-order valence-electron chi connectivity index (χ1n) is 9.93. The number of benzene rings is 1. The lowest BCUT2D eigenvalue weighted by molar-refractivity contribution is -0.138. The number of hydrogen-bond acceptors (Lipinski definition) is 5. The first kappa shape index (κ1) is 18.0. The molecular formula is C21H24ClN3O3. The van der Waals surface area contributed by atoms with E-state index in [1.165, 1.54) is 0 Å². The number of anilines is 2. The van der Waals surface area contributed by atoms with E-state index in [0.29, 0.717) is 17.4 Å². The summed E-state index contributed by atoms with van der Waals surface area (Å²) in [6, 6.07) is 6.07. The number of nitrogens with two attached hydrogens (primary N) is 1. The number of fused-ring (bicyclic) bond motifs is 2. The van der Waals surface area contributed by atoms with Crippen LogP contribution in [0.25, 0.3) is 0 Å². The van der Waals surface area contributed by atoms with Crippen molar-refractivity contribution in [2.75, 3.05) is 29.4 Å². The minimum absolute atomic E-state index is 0.0177. The summed E-state index contributed by atoms with van der Waals surface area (Å²) in [4.78, 5) is 27.1. The van der Waals surface area contributed by atoms with Crippen molar-refractivity contribution in [1.29, 1.82) is 0 Å². The highest BCUT2D eigenvalue weighted by Crippen LogP contribution is 2.44. The zero-order chi connectivity index (χ0) is 19.6. The number of rotatable bonds is 3. The van der Waals surface area contributed by atoms with Gasteiger partial charge in [0.1, 0.15) is 0 Å². The summed E-state index contributed by atoms with van der Waals surface area (Å²) in [6.45, 7) is 1.87. The molecule has 4 atom stereocenters. The Labute approximate surface area is 168 Å². The van der Waals surface area contributed by atoms with E-state index in [4.69, 9.17) is 17.3 Å². The summed E-state index contributed by atoms with van der Waals surface area (Å²) in [6.07, 6.45) is 7.34. The number of allylic oxidation sites excluding steroid dienone is 1. The van der Waals surface area contributed by atoms with Gasteiger partial charge in [-0.25, -0.2) is 4.79 Å². The van der Waals surface area contributed by atoms with E-state index >= 15 is 0 Å². The van der Waals surface area contributed by atoms with Crippen LogP contribution in [0.1, 0.15) is 29.6 Å². The van der Waals surface area contributed by atoms with Crippen LogP contribution < -0.4 is 15.5 Å². The van der Waals surface area contributed by atoms with Gasteiger partial charge in [0.2, 0.25) is 4.87 Å². The van der Waals surface area contributed by atoms with E-state index in [1.54, 1.807) is 6.07 Å². The molecule has 4 aliphatic rings. The molecule has 0 radical (unpaired) electrons. The highest BCUT2D eigenvalue weighted by atomic mass is 35.5. The lowest BCUT2D eigenvalue weighted by atomic mass is 9.83. The van der Waals surface area contributed by atoms with Gasteiger partial charge in [0, 0.05) is 36.4 Å². The Hall–Kier alpha value is -2.05. The van der Waals surface area contributed by atoms with Crippen LogP contribution in [0.3, 0.4) is 0 Å². The molecule has 0 bridgehead atoms. The van der Waals surface area contributed by atoms with E-state index in [-0.39, 0.29) is 18.6 Å². The van der Waals surface area contributed by atoms with Crippen LogP contribution in [-0.2, 0) is 4.79 Å². The van der Waals surface area contributed by atoms with Crippen LogP contribution in [0.4, 0.5) is 11.4 Å². The molecule has 0 aromatic heterocycles. The second-order valence-corrected chi connectivity index (χ2v) is 9.21. The molecule has 2 aliphatic carbocycles. The van der Waals surface area contributed by atoms with Crippen LogP contribution in [0, 0.1) is 11.8 Å². The lowest BCUT2D eigenvalue weighted by Crippen LogP contribution is -2.55. The molecule has 28 heavy (non-hydrogen) atoms.